The number of carbonyl (C=O) groups excluding carboxylic acids is 2. The molecule has 0 aliphatic carbocycles. The van der Waals surface area contributed by atoms with Crippen molar-refractivity contribution >= 4 is 17.4 Å². The second-order valence-electron chi connectivity index (χ2n) is 7.35. The highest BCUT2D eigenvalue weighted by Gasteiger charge is 2.26. The molecular formula is C23H30FN3O3. The van der Waals surface area contributed by atoms with Crippen LogP contribution in [0.2, 0.25) is 0 Å². The smallest absolute Gasteiger partial charge is 0.221 e. The van der Waals surface area contributed by atoms with E-state index in [2.05, 4.69) is 10.6 Å². The highest BCUT2D eigenvalue weighted by atomic mass is 19.1. The van der Waals surface area contributed by atoms with Crippen LogP contribution in [0, 0.1) is 12.7 Å². The van der Waals surface area contributed by atoms with Crippen molar-refractivity contribution in [3.8, 4) is 5.75 Å². The molecule has 0 aliphatic heterocycles. The molecule has 1 amide bonds. The first kappa shape index (κ1) is 23.3. The number of rotatable bonds is 9. The second kappa shape index (κ2) is 10.2. The van der Waals surface area contributed by atoms with Gasteiger partial charge < -0.3 is 21.1 Å². The summed E-state index contributed by atoms with van der Waals surface area (Å²) < 4.78 is 20.9. The summed E-state index contributed by atoms with van der Waals surface area (Å²) in [6.07, 6.45) is 0.844. The molecule has 2 unspecified atom stereocenters. The van der Waals surface area contributed by atoms with Crippen LogP contribution in [0.5, 0.6) is 5.75 Å². The van der Waals surface area contributed by atoms with Gasteiger partial charge in [0.2, 0.25) is 5.91 Å². The number of ketones is 1. The number of halogens is 1. The van der Waals surface area contributed by atoms with E-state index in [1.807, 2.05) is 13.8 Å². The fourth-order valence-electron chi connectivity index (χ4n) is 3.40. The van der Waals surface area contributed by atoms with E-state index < -0.39 is 11.6 Å². The normalized spacial score (nSPS) is 12.9. The van der Waals surface area contributed by atoms with E-state index in [4.69, 9.17) is 10.5 Å². The zero-order chi connectivity index (χ0) is 22.4. The molecule has 2 aromatic rings. The third-order valence-corrected chi connectivity index (χ3v) is 5.15. The van der Waals surface area contributed by atoms with E-state index in [0.717, 1.165) is 5.56 Å². The molecule has 0 spiro atoms. The van der Waals surface area contributed by atoms with Crippen molar-refractivity contribution in [1.29, 1.82) is 0 Å². The van der Waals surface area contributed by atoms with Crippen molar-refractivity contribution in [1.82, 2.24) is 10.6 Å². The van der Waals surface area contributed by atoms with E-state index in [0.29, 0.717) is 23.2 Å². The third kappa shape index (κ3) is 5.16. The van der Waals surface area contributed by atoms with Crippen LogP contribution >= 0.6 is 0 Å². The minimum absolute atomic E-state index is 0.102. The van der Waals surface area contributed by atoms with E-state index in [-0.39, 0.29) is 35.7 Å². The maximum absolute atomic E-state index is 15.6. The average Bonchev–Trinajstić information content (AvgIpc) is 2.73. The van der Waals surface area contributed by atoms with Gasteiger partial charge in [-0.15, -0.1) is 0 Å². The van der Waals surface area contributed by atoms with Gasteiger partial charge in [0.15, 0.2) is 5.78 Å². The first-order chi connectivity index (χ1) is 14.2. The van der Waals surface area contributed by atoms with Crippen LogP contribution in [-0.2, 0) is 4.79 Å². The molecule has 0 saturated carbocycles. The Bertz CT molecular complexity index is 930. The van der Waals surface area contributed by atoms with Crippen molar-refractivity contribution in [3.05, 3.63) is 58.4 Å². The summed E-state index contributed by atoms with van der Waals surface area (Å²) in [5.74, 6) is -1.03. The Kier molecular flexibility index (Phi) is 7.94. The lowest BCUT2D eigenvalue weighted by Crippen LogP contribution is -2.35. The Morgan fingerprint density at radius 2 is 1.93 bits per heavy atom. The average molecular weight is 416 g/mol. The standard InChI is InChI=1S/C23H30FN3O3/c1-6-18(27-14(3)12-20(28)26-4)16-8-10-19(30-5)21(22(16)24)23(29)15-7-9-17(25)13(2)11-15/h7-11,14,18,27H,6,12,25H2,1-5H3,(H,26,28). The van der Waals surface area contributed by atoms with Crippen molar-refractivity contribution < 1.29 is 18.7 Å². The summed E-state index contributed by atoms with van der Waals surface area (Å²) in [4.78, 5) is 24.8. The van der Waals surface area contributed by atoms with Gasteiger partial charge in [-0.25, -0.2) is 4.39 Å². The van der Waals surface area contributed by atoms with Crippen LogP contribution in [0.4, 0.5) is 10.1 Å². The van der Waals surface area contributed by atoms with Crippen molar-refractivity contribution in [2.24, 2.45) is 0 Å². The van der Waals surface area contributed by atoms with Crippen molar-refractivity contribution in [2.75, 3.05) is 19.9 Å². The Hall–Kier alpha value is -2.93. The lowest BCUT2D eigenvalue weighted by atomic mass is 9.94. The monoisotopic (exact) mass is 415 g/mol. The predicted octanol–water partition coefficient (Wildman–Crippen LogP) is 3.52. The SMILES string of the molecule is CCC(NC(C)CC(=O)NC)c1ccc(OC)c(C(=O)c2ccc(N)c(C)c2)c1F. The fourth-order valence-corrected chi connectivity index (χ4v) is 3.40. The number of benzene rings is 2. The molecule has 0 fully saturated rings. The molecule has 2 aromatic carbocycles. The maximum Gasteiger partial charge on any atom is 0.221 e. The summed E-state index contributed by atoms with van der Waals surface area (Å²) in [5, 5.41) is 5.86. The topological polar surface area (TPSA) is 93.5 Å². The number of nitrogens with two attached hydrogens (primary N) is 1. The molecule has 0 aromatic heterocycles. The van der Waals surface area contributed by atoms with Gasteiger partial charge in [0.1, 0.15) is 17.1 Å². The second-order valence-corrected chi connectivity index (χ2v) is 7.35. The molecule has 6 nitrogen and oxygen atoms in total. The number of nitrogens with one attached hydrogen (secondary N) is 2. The first-order valence-electron chi connectivity index (χ1n) is 9.97. The molecule has 0 aliphatic rings. The fraction of sp³-hybridized carbons (Fsp3) is 0.391. The van der Waals surface area contributed by atoms with Crippen molar-refractivity contribution in [2.45, 2.75) is 45.7 Å². The van der Waals surface area contributed by atoms with Gasteiger partial charge in [0.05, 0.1) is 7.11 Å². The Labute approximate surface area is 177 Å². The zero-order valence-corrected chi connectivity index (χ0v) is 18.1. The lowest BCUT2D eigenvalue weighted by Gasteiger charge is -2.24. The zero-order valence-electron chi connectivity index (χ0n) is 18.1. The number of amides is 1. The van der Waals surface area contributed by atoms with Gasteiger partial charge in [-0.3, -0.25) is 9.59 Å². The van der Waals surface area contributed by atoms with Crippen LogP contribution in [0.1, 0.15) is 59.8 Å². The minimum Gasteiger partial charge on any atom is -0.496 e. The van der Waals surface area contributed by atoms with E-state index in [9.17, 15) is 9.59 Å². The van der Waals surface area contributed by atoms with Crippen molar-refractivity contribution in [3.63, 3.8) is 0 Å². The molecule has 0 radical (unpaired) electrons. The molecule has 2 rings (SSSR count). The van der Waals surface area contributed by atoms with Crippen LogP contribution in [-0.4, -0.2) is 31.9 Å². The van der Waals surface area contributed by atoms with Gasteiger partial charge in [0.25, 0.3) is 0 Å². The number of hydrogen-bond acceptors (Lipinski definition) is 5. The molecule has 0 bridgehead atoms. The molecule has 4 N–H and O–H groups in total. The number of carbonyl (C=O) groups is 2. The maximum atomic E-state index is 15.6. The number of methoxy groups -OCH3 is 1. The number of nitrogen functional groups attached to an aromatic ring is 1. The highest BCUT2D eigenvalue weighted by molar-refractivity contribution is 6.11. The number of aryl methyl sites for hydroxylation is 1. The predicted molar refractivity (Wildman–Crippen MR) is 116 cm³/mol. The van der Waals surface area contributed by atoms with Crippen LogP contribution in [0.15, 0.2) is 30.3 Å². The molecular weight excluding hydrogens is 385 g/mol. The summed E-state index contributed by atoms with van der Waals surface area (Å²) in [7, 11) is 2.98. The first-order valence-corrected chi connectivity index (χ1v) is 9.97. The summed E-state index contributed by atoms with van der Waals surface area (Å²) in [6, 6.07) is 7.54. The van der Waals surface area contributed by atoms with E-state index in [1.165, 1.54) is 7.11 Å². The Balaban J connectivity index is 2.44. The quantitative estimate of drug-likeness (QED) is 0.430. The third-order valence-electron chi connectivity index (χ3n) is 5.15. The highest BCUT2D eigenvalue weighted by Crippen LogP contribution is 2.32. The number of ether oxygens (including phenoxy) is 1. The Morgan fingerprint density at radius 1 is 1.23 bits per heavy atom. The summed E-state index contributed by atoms with van der Waals surface area (Å²) in [5.41, 5.74) is 7.73. The van der Waals surface area contributed by atoms with Gasteiger partial charge in [-0.1, -0.05) is 13.0 Å². The van der Waals surface area contributed by atoms with Crippen LogP contribution in [0.3, 0.4) is 0 Å². The van der Waals surface area contributed by atoms with Gasteiger partial charge in [-0.2, -0.15) is 0 Å². The molecule has 30 heavy (non-hydrogen) atoms. The largest absolute Gasteiger partial charge is 0.496 e. The summed E-state index contributed by atoms with van der Waals surface area (Å²) >= 11 is 0. The molecule has 162 valence electrons. The molecule has 0 saturated heterocycles. The minimum atomic E-state index is -0.625. The van der Waals surface area contributed by atoms with E-state index in [1.54, 1.807) is 44.3 Å². The van der Waals surface area contributed by atoms with Gasteiger partial charge in [-0.05, 0) is 50.1 Å². The number of hydrogen-bond donors (Lipinski definition) is 3. The lowest BCUT2D eigenvalue weighted by molar-refractivity contribution is -0.121. The van der Waals surface area contributed by atoms with E-state index >= 15 is 4.39 Å². The van der Waals surface area contributed by atoms with Gasteiger partial charge >= 0.3 is 0 Å². The molecule has 0 heterocycles. The number of anilines is 1. The Morgan fingerprint density at radius 3 is 2.50 bits per heavy atom. The summed E-state index contributed by atoms with van der Waals surface area (Å²) in [6.45, 7) is 5.57. The molecule has 2 atom stereocenters. The van der Waals surface area contributed by atoms with Gasteiger partial charge in [0, 0.05) is 42.4 Å². The van der Waals surface area contributed by atoms with Crippen LogP contribution in [0.25, 0.3) is 0 Å². The molecule has 7 heteroatoms. The van der Waals surface area contributed by atoms with Crippen LogP contribution < -0.4 is 21.1 Å².